The summed E-state index contributed by atoms with van der Waals surface area (Å²) in [6.45, 7) is 9.92. The van der Waals surface area contributed by atoms with E-state index in [-0.39, 0.29) is 30.5 Å². The molecule has 0 bridgehead atoms. The molecule has 6 rings (SSSR count). The van der Waals surface area contributed by atoms with Crippen molar-refractivity contribution in [1.82, 2.24) is 43.6 Å². The number of allylic oxidation sites excluding steroid dienone is 2. The van der Waals surface area contributed by atoms with Crippen molar-refractivity contribution >= 4 is 58.0 Å². The average Bonchev–Trinajstić information content (AvgIpc) is 4.00. The molecule has 6 aromatic rings. The topological polar surface area (TPSA) is 237 Å². The van der Waals surface area contributed by atoms with E-state index in [0.29, 0.717) is 94.3 Å². The van der Waals surface area contributed by atoms with Gasteiger partial charge in [-0.25, -0.2) is 9.97 Å². The predicted octanol–water partition coefficient (Wildman–Crippen LogP) is 4.02. The number of imidazole rings is 2. The molecule has 318 valence electrons. The number of nitrogens with one attached hydrogen (secondary N) is 2. The van der Waals surface area contributed by atoms with E-state index in [2.05, 4.69) is 26.6 Å². The summed E-state index contributed by atoms with van der Waals surface area (Å²) < 4.78 is 18.7. The monoisotopic (exact) mass is 823 g/mol. The lowest BCUT2D eigenvalue weighted by atomic mass is 10.1. The Morgan fingerprint density at radius 2 is 1.30 bits per heavy atom. The van der Waals surface area contributed by atoms with Gasteiger partial charge >= 0.3 is 0 Å². The van der Waals surface area contributed by atoms with Gasteiger partial charge in [0.2, 0.25) is 17.8 Å². The number of aromatic nitrogens is 8. The number of aldehydes is 1. The first-order valence-electron chi connectivity index (χ1n) is 19.4. The average molecular weight is 824 g/mol. The van der Waals surface area contributed by atoms with Crippen LogP contribution in [0.25, 0.3) is 22.1 Å². The van der Waals surface area contributed by atoms with Gasteiger partial charge in [0.25, 0.3) is 11.8 Å². The molecule has 19 heteroatoms. The van der Waals surface area contributed by atoms with Crippen molar-refractivity contribution in [2.24, 2.45) is 11.5 Å². The lowest BCUT2D eigenvalue weighted by Gasteiger charge is -2.14. The number of amides is 3. The summed E-state index contributed by atoms with van der Waals surface area (Å²) in [7, 11) is 6.94. The maximum Gasteiger partial charge on any atom is 0.276 e. The molecule has 4 heterocycles. The Balaban J connectivity index is 0.00000336. The standard InChI is InChI=1S/C40H48N12O6.CH5N/c1-8-51-30(17-24(3)46-51)37(55)44-39-42-28-19-26(23-53)20-32(57-7)34(28)49(39)14-10-11-15-50-35-29(21-27(36(41)54)22-33(35)58-16-12-13-48(5)6)43-40(50)45-38(56)31-18-25(4)47-52(31)9-2;1-2/h10-11,17-23H,8-9,12-16H2,1-7H3,(H2,41,54)(H,42,44,55)(H,43,45,56);2H2,1H3/b11-10+;. The molecule has 0 aliphatic heterocycles. The number of ether oxygens (including phenoxy) is 2. The summed E-state index contributed by atoms with van der Waals surface area (Å²) in [4.78, 5) is 63.0. The number of methoxy groups -OCH3 is 1. The summed E-state index contributed by atoms with van der Waals surface area (Å²) in [5, 5.41) is 14.7. The maximum absolute atomic E-state index is 13.7. The van der Waals surface area contributed by atoms with Crippen LogP contribution in [0.2, 0.25) is 0 Å². The largest absolute Gasteiger partial charge is 0.494 e. The summed E-state index contributed by atoms with van der Waals surface area (Å²) in [6.07, 6.45) is 5.15. The van der Waals surface area contributed by atoms with E-state index in [1.165, 1.54) is 14.2 Å². The van der Waals surface area contributed by atoms with Crippen molar-refractivity contribution < 1.29 is 28.7 Å². The molecule has 3 amide bonds. The summed E-state index contributed by atoms with van der Waals surface area (Å²) in [5.74, 6) is -0.272. The summed E-state index contributed by atoms with van der Waals surface area (Å²) in [6, 6.07) is 9.79. The normalized spacial score (nSPS) is 11.3. The third-order valence-corrected chi connectivity index (χ3v) is 9.35. The van der Waals surface area contributed by atoms with Gasteiger partial charge in [-0.3, -0.25) is 39.2 Å². The number of nitrogens with zero attached hydrogens (tertiary/aromatic N) is 9. The number of anilines is 2. The molecule has 0 fully saturated rings. The number of primary amides is 1. The van der Waals surface area contributed by atoms with Crippen molar-refractivity contribution in [2.45, 2.75) is 60.3 Å². The minimum atomic E-state index is -0.650. The fourth-order valence-corrected chi connectivity index (χ4v) is 6.70. The van der Waals surface area contributed by atoms with Gasteiger partial charge in [-0.15, -0.1) is 0 Å². The first kappa shape index (κ1) is 44.2. The van der Waals surface area contributed by atoms with Gasteiger partial charge in [0.1, 0.15) is 40.2 Å². The Morgan fingerprint density at radius 1 is 0.783 bits per heavy atom. The Bertz CT molecular complexity index is 2540. The van der Waals surface area contributed by atoms with E-state index in [9.17, 15) is 19.2 Å². The van der Waals surface area contributed by atoms with E-state index in [0.717, 1.165) is 6.54 Å². The van der Waals surface area contributed by atoms with Gasteiger partial charge < -0.3 is 35.0 Å². The molecule has 0 unspecified atom stereocenters. The van der Waals surface area contributed by atoms with Crippen LogP contribution in [0.15, 0.2) is 48.6 Å². The molecule has 60 heavy (non-hydrogen) atoms. The maximum atomic E-state index is 13.7. The zero-order valence-corrected chi connectivity index (χ0v) is 35.3. The number of hydrogen-bond donors (Lipinski definition) is 4. The highest BCUT2D eigenvalue weighted by Crippen LogP contribution is 2.33. The van der Waals surface area contributed by atoms with Crippen LogP contribution < -0.4 is 31.6 Å². The molecule has 19 nitrogen and oxygen atoms in total. The minimum Gasteiger partial charge on any atom is -0.494 e. The van der Waals surface area contributed by atoms with E-state index in [4.69, 9.17) is 25.2 Å². The third kappa shape index (κ3) is 9.70. The number of carbonyl (C=O) groups is 4. The van der Waals surface area contributed by atoms with E-state index < -0.39 is 17.7 Å². The predicted molar refractivity (Wildman–Crippen MR) is 229 cm³/mol. The zero-order valence-electron chi connectivity index (χ0n) is 35.3. The molecule has 0 radical (unpaired) electrons. The molecule has 0 aliphatic carbocycles. The molecule has 2 aromatic carbocycles. The molecule has 0 saturated carbocycles. The Hall–Kier alpha value is -6.86. The van der Waals surface area contributed by atoms with E-state index in [1.54, 1.807) is 54.9 Å². The first-order chi connectivity index (χ1) is 28.8. The fourth-order valence-electron chi connectivity index (χ4n) is 6.70. The van der Waals surface area contributed by atoms with Crippen LogP contribution in [0.1, 0.15) is 73.3 Å². The number of aryl methyl sites for hydroxylation is 4. The number of hydrogen-bond acceptors (Lipinski definition) is 12. The second-order valence-corrected chi connectivity index (χ2v) is 13.9. The van der Waals surface area contributed by atoms with Crippen LogP contribution >= 0.6 is 0 Å². The molecule has 0 aliphatic rings. The molecule has 4 aromatic heterocycles. The van der Waals surface area contributed by atoms with Crippen LogP contribution in [0.4, 0.5) is 11.9 Å². The minimum absolute atomic E-state index is 0.192. The lowest BCUT2D eigenvalue weighted by Crippen LogP contribution is -2.20. The fraction of sp³-hybridized carbons (Fsp3) is 0.366. The highest BCUT2D eigenvalue weighted by molar-refractivity contribution is 6.05. The second kappa shape index (κ2) is 19.7. The van der Waals surface area contributed by atoms with Gasteiger partial charge in [0.15, 0.2) is 0 Å². The zero-order chi connectivity index (χ0) is 43.7. The van der Waals surface area contributed by atoms with E-state index >= 15 is 0 Å². The second-order valence-electron chi connectivity index (χ2n) is 13.9. The van der Waals surface area contributed by atoms with Gasteiger partial charge in [-0.05, 0) is 91.7 Å². The Morgan fingerprint density at radius 3 is 1.77 bits per heavy atom. The summed E-state index contributed by atoms with van der Waals surface area (Å²) in [5.41, 5.74) is 14.8. The van der Waals surface area contributed by atoms with Crippen molar-refractivity contribution in [3.63, 3.8) is 0 Å². The number of carbonyl (C=O) groups excluding carboxylic acids is 4. The van der Waals surface area contributed by atoms with Crippen molar-refractivity contribution in [1.29, 1.82) is 0 Å². The van der Waals surface area contributed by atoms with Crippen molar-refractivity contribution in [2.75, 3.05) is 52.0 Å². The number of fused-ring (bicyclic) bond motifs is 2. The molecular formula is C41H53N13O6. The first-order valence-corrected chi connectivity index (χ1v) is 19.4. The van der Waals surface area contributed by atoms with Gasteiger partial charge in [-0.1, -0.05) is 12.2 Å². The number of benzene rings is 2. The summed E-state index contributed by atoms with van der Waals surface area (Å²) >= 11 is 0. The van der Waals surface area contributed by atoms with Crippen LogP contribution in [0, 0.1) is 13.8 Å². The smallest absolute Gasteiger partial charge is 0.276 e. The van der Waals surface area contributed by atoms with Crippen LogP contribution in [0.5, 0.6) is 11.5 Å². The van der Waals surface area contributed by atoms with Gasteiger partial charge in [-0.2, -0.15) is 10.2 Å². The van der Waals surface area contributed by atoms with Crippen LogP contribution in [-0.2, 0) is 26.2 Å². The molecular weight excluding hydrogens is 771 g/mol. The Labute approximate surface area is 347 Å². The van der Waals surface area contributed by atoms with Crippen molar-refractivity contribution in [3.8, 4) is 11.5 Å². The molecule has 0 saturated heterocycles. The SMILES string of the molecule is CCn1nc(C)cc1C(=O)Nc1nc2cc(C=O)cc(OC)c2n1C/C=C/Cn1c(NC(=O)c2cc(C)nn2CC)nc2cc(C(N)=O)cc(OCCCN(C)C)c21.CN. The number of rotatable bonds is 18. The van der Waals surface area contributed by atoms with Crippen LogP contribution in [-0.4, -0.2) is 109 Å². The van der Waals surface area contributed by atoms with Crippen LogP contribution in [0.3, 0.4) is 0 Å². The third-order valence-electron chi connectivity index (χ3n) is 9.35. The lowest BCUT2D eigenvalue weighted by molar-refractivity contribution is 0.0994. The highest BCUT2D eigenvalue weighted by atomic mass is 16.5. The quantitative estimate of drug-likeness (QED) is 0.0547. The molecule has 0 spiro atoms. The van der Waals surface area contributed by atoms with E-state index in [1.807, 2.05) is 58.8 Å². The van der Waals surface area contributed by atoms with Crippen molar-refractivity contribution in [3.05, 3.63) is 82.5 Å². The number of nitrogens with two attached hydrogens (primary N) is 2. The molecule has 6 N–H and O–H groups in total. The molecule has 0 atom stereocenters. The van der Waals surface area contributed by atoms with Gasteiger partial charge in [0, 0.05) is 43.9 Å². The van der Waals surface area contributed by atoms with Gasteiger partial charge in [0.05, 0.1) is 36.1 Å². The Kier molecular flexibility index (Phi) is 14.5. The highest BCUT2D eigenvalue weighted by Gasteiger charge is 2.23.